The molecule has 0 aliphatic heterocycles. The summed E-state index contributed by atoms with van der Waals surface area (Å²) < 4.78 is 36.4. The summed E-state index contributed by atoms with van der Waals surface area (Å²) in [5, 5.41) is 11.6. The van der Waals surface area contributed by atoms with Crippen molar-refractivity contribution in [1.29, 1.82) is 0 Å². The molecule has 1 aromatic heterocycles. The van der Waals surface area contributed by atoms with E-state index in [1.165, 1.54) is 12.1 Å². The van der Waals surface area contributed by atoms with E-state index in [9.17, 15) is 18.0 Å². The molecule has 9 nitrogen and oxygen atoms in total. The number of hydrogen-bond acceptors (Lipinski definition) is 7. The second kappa shape index (κ2) is 12.5. The first-order valence-electron chi connectivity index (χ1n) is 13.4. The Labute approximate surface area is 238 Å². The third-order valence-corrected chi connectivity index (χ3v) is 8.79. The van der Waals surface area contributed by atoms with E-state index in [2.05, 4.69) is 10.3 Å². The molecule has 1 aliphatic rings. The normalized spacial score (nSPS) is 13.8. The number of aromatic nitrogens is 2. The fourth-order valence-corrected chi connectivity index (χ4v) is 6.76. The monoisotopic (exact) mass is 573 g/mol. The van der Waals surface area contributed by atoms with E-state index in [1.807, 2.05) is 41.1 Å². The molecule has 41 heavy (non-hydrogen) atoms. The molecule has 1 aliphatic carbocycles. The summed E-state index contributed by atoms with van der Waals surface area (Å²) >= 11 is 0. The Morgan fingerprint density at radius 1 is 1.05 bits per heavy atom. The highest BCUT2D eigenvalue weighted by atomic mass is 32.2. The molecule has 5 rings (SSSR count). The van der Waals surface area contributed by atoms with Crippen LogP contribution < -0.4 is 10.1 Å². The molecule has 10 heteroatoms. The Kier molecular flexibility index (Phi) is 8.61. The van der Waals surface area contributed by atoms with Crippen molar-refractivity contribution in [3.8, 4) is 5.75 Å². The molecule has 212 valence electrons. The predicted molar refractivity (Wildman–Crippen MR) is 152 cm³/mol. The Hall–Kier alpha value is -4.28. The van der Waals surface area contributed by atoms with Gasteiger partial charge in [-0.25, -0.2) is 13.4 Å². The summed E-state index contributed by atoms with van der Waals surface area (Å²) in [6.45, 7) is 0.157. The molecule has 0 saturated heterocycles. The van der Waals surface area contributed by atoms with Gasteiger partial charge in [-0.1, -0.05) is 42.5 Å². The lowest BCUT2D eigenvalue weighted by atomic mass is 9.87. The zero-order chi connectivity index (χ0) is 28.8. The summed E-state index contributed by atoms with van der Waals surface area (Å²) in [6, 6.07) is 19.0. The average molecular weight is 574 g/mol. The van der Waals surface area contributed by atoms with E-state index in [-0.39, 0.29) is 29.4 Å². The maximum atomic E-state index is 14.0. The van der Waals surface area contributed by atoms with Crippen LogP contribution in [0.3, 0.4) is 0 Å². The van der Waals surface area contributed by atoms with Crippen molar-refractivity contribution in [2.45, 2.75) is 42.6 Å². The number of benzene rings is 3. The van der Waals surface area contributed by atoms with Gasteiger partial charge in [0.2, 0.25) is 0 Å². The number of ether oxygens (including phenoxy) is 1. The standard InChI is InChI=1S/C31H31N3O6S/c35-18-16-33-31(37)25-9-4-5-12-30(25)41(38,39)20-26-23-10-6-11-27(36)24(23)13-14-28(26)40-29(19-34-17-15-32-21-34)22-7-2-1-3-8-22/h1-5,7-9,12-15,17,21,29,35H,6,10-11,16,18-20H2,(H,33,37)/t29-/m1/s1. The SMILES string of the molecule is O=C(NCCO)c1ccccc1S(=O)(=O)Cc1c(O[C@H](Cn2ccnc2)c2ccccc2)ccc2c1CCCC2=O. The molecule has 0 radical (unpaired) electrons. The first-order valence-corrected chi connectivity index (χ1v) is 15.1. The van der Waals surface area contributed by atoms with Crippen molar-refractivity contribution < 1.29 is 27.9 Å². The van der Waals surface area contributed by atoms with Crippen molar-refractivity contribution >= 4 is 21.5 Å². The van der Waals surface area contributed by atoms with Gasteiger partial charge in [-0.05, 0) is 48.2 Å². The van der Waals surface area contributed by atoms with Crippen molar-refractivity contribution in [3.05, 3.63) is 113 Å². The molecule has 0 fully saturated rings. The fourth-order valence-electron chi connectivity index (χ4n) is 5.12. The summed E-state index contributed by atoms with van der Waals surface area (Å²) in [6.07, 6.45) is 6.28. The zero-order valence-electron chi connectivity index (χ0n) is 22.4. The van der Waals surface area contributed by atoms with Gasteiger partial charge in [-0.15, -0.1) is 0 Å². The molecule has 4 aromatic rings. The first-order chi connectivity index (χ1) is 19.9. The van der Waals surface area contributed by atoms with E-state index < -0.39 is 27.6 Å². The number of nitrogens with zero attached hydrogens (tertiary/aromatic N) is 2. The van der Waals surface area contributed by atoms with Gasteiger partial charge in [0.15, 0.2) is 15.6 Å². The molecule has 0 bridgehead atoms. The number of carbonyl (C=O) groups excluding carboxylic acids is 2. The number of sulfone groups is 1. The molecule has 1 heterocycles. The van der Waals surface area contributed by atoms with Gasteiger partial charge < -0.3 is 19.7 Å². The lowest BCUT2D eigenvalue weighted by Gasteiger charge is -2.26. The number of imidazole rings is 1. The number of amides is 1. The minimum Gasteiger partial charge on any atom is -0.484 e. The number of rotatable bonds is 11. The summed E-state index contributed by atoms with van der Waals surface area (Å²) in [7, 11) is -4.07. The van der Waals surface area contributed by atoms with Crippen LogP contribution in [0.25, 0.3) is 0 Å². The van der Waals surface area contributed by atoms with Crippen LogP contribution in [0.15, 0.2) is 90.3 Å². The topological polar surface area (TPSA) is 128 Å². The van der Waals surface area contributed by atoms with Gasteiger partial charge in [-0.3, -0.25) is 9.59 Å². The van der Waals surface area contributed by atoms with Crippen LogP contribution in [0.4, 0.5) is 0 Å². The highest BCUT2D eigenvalue weighted by molar-refractivity contribution is 7.90. The minimum atomic E-state index is -4.07. The predicted octanol–water partition coefficient (Wildman–Crippen LogP) is 3.92. The third kappa shape index (κ3) is 6.39. The van der Waals surface area contributed by atoms with Gasteiger partial charge in [0.05, 0.1) is 35.7 Å². The number of ketones is 1. The average Bonchev–Trinajstić information content (AvgIpc) is 3.50. The molecular formula is C31H31N3O6S. The minimum absolute atomic E-state index is 0.00268. The van der Waals surface area contributed by atoms with Crippen molar-refractivity contribution in [3.63, 3.8) is 0 Å². The maximum absolute atomic E-state index is 14.0. The number of aliphatic hydroxyl groups is 1. The zero-order valence-corrected chi connectivity index (χ0v) is 23.2. The number of Topliss-reactive ketones (excluding diaryl/α,β-unsaturated/α-hetero) is 1. The lowest BCUT2D eigenvalue weighted by molar-refractivity contribution is 0.0939. The van der Waals surface area contributed by atoms with E-state index in [0.29, 0.717) is 48.2 Å². The summed E-state index contributed by atoms with van der Waals surface area (Å²) in [5.74, 6) is -0.698. The van der Waals surface area contributed by atoms with Crippen LogP contribution in [0, 0.1) is 0 Å². The van der Waals surface area contributed by atoms with Crippen LogP contribution in [0.5, 0.6) is 5.75 Å². The molecule has 0 spiro atoms. The molecule has 0 saturated carbocycles. The second-order valence-electron chi connectivity index (χ2n) is 9.86. The molecular weight excluding hydrogens is 542 g/mol. The Morgan fingerprint density at radius 3 is 2.59 bits per heavy atom. The summed E-state index contributed by atoms with van der Waals surface area (Å²) in [5.41, 5.74) is 2.49. The van der Waals surface area contributed by atoms with Crippen LogP contribution in [0.1, 0.15) is 56.4 Å². The van der Waals surface area contributed by atoms with E-state index in [0.717, 1.165) is 5.56 Å². The second-order valence-corrected chi connectivity index (χ2v) is 11.8. The van der Waals surface area contributed by atoms with Crippen LogP contribution >= 0.6 is 0 Å². The van der Waals surface area contributed by atoms with Crippen LogP contribution in [0.2, 0.25) is 0 Å². The van der Waals surface area contributed by atoms with Crippen molar-refractivity contribution in [1.82, 2.24) is 14.9 Å². The first kappa shape index (κ1) is 28.3. The third-order valence-electron chi connectivity index (χ3n) is 7.09. The Morgan fingerprint density at radius 2 is 1.83 bits per heavy atom. The largest absolute Gasteiger partial charge is 0.484 e. The van der Waals surface area contributed by atoms with Gasteiger partial charge in [0.1, 0.15) is 11.9 Å². The van der Waals surface area contributed by atoms with Gasteiger partial charge >= 0.3 is 0 Å². The number of fused-ring (bicyclic) bond motifs is 1. The maximum Gasteiger partial charge on any atom is 0.252 e. The Bertz CT molecular complexity index is 1640. The number of nitrogens with one attached hydrogen (secondary N) is 1. The van der Waals surface area contributed by atoms with Crippen molar-refractivity contribution in [2.75, 3.05) is 13.2 Å². The van der Waals surface area contributed by atoms with Gasteiger partial charge in [0.25, 0.3) is 5.91 Å². The molecule has 1 amide bonds. The quantitative estimate of drug-likeness (QED) is 0.278. The van der Waals surface area contributed by atoms with Crippen LogP contribution in [-0.2, 0) is 28.6 Å². The van der Waals surface area contributed by atoms with E-state index in [1.54, 1.807) is 36.8 Å². The molecule has 2 N–H and O–H groups in total. The highest BCUT2D eigenvalue weighted by Gasteiger charge is 2.30. The summed E-state index contributed by atoms with van der Waals surface area (Å²) in [4.78, 5) is 29.6. The fraction of sp³-hybridized carbons (Fsp3) is 0.258. The van der Waals surface area contributed by atoms with Crippen LogP contribution in [-0.4, -0.2) is 47.9 Å². The van der Waals surface area contributed by atoms with Gasteiger partial charge in [-0.2, -0.15) is 0 Å². The number of carbonyl (C=O) groups is 2. The lowest BCUT2D eigenvalue weighted by Crippen LogP contribution is -2.28. The molecule has 0 unspecified atom stereocenters. The molecule has 1 atom stereocenters. The van der Waals surface area contributed by atoms with Crippen molar-refractivity contribution in [2.24, 2.45) is 0 Å². The van der Waals surface area contributed by atoms with E-state index >= 15 is 0 Å². The van der Waals surface area contributed by atoms with E-state index in [4.69, 9.17) is 9.84 Å². The Balaban J connectivity index is 1.57. The highest BCUT2D eigenvalue weighted by Crippen LogP contribution is 2.37. The molecule has 3 aromatic carbocycles. The van der Waals surface area contributed by atoms with Gasteiger partial charge in [0, 0.05) is 36.5 Å². The number of hydrogen-bond donors (Lipinski definition) is 2. The smallest absolute Gasteiger partial charge is 0.252 e. The number of aliphatic hydroxyl groups excluding tert-OH is 1.